The number of phosphoric acid groups is 1. The van der Waals surface area contributed by atoms with E-state index in [0.29, 0.717) is 0 Å². The first-order valence-corrected chi connectivity index (χ1v) is 17.8. The van der Waals surface area contributed by atoms with Gasteiger partial charge in [-0.25, -0.2) is 18.7 Å². The maximum atomic E-state index is 13.0. The fourth-order valence-corrected chi connectivity index (χ4v) is 6.88. The van der Waals surface area contributed by atoms with Gasteiger partial charge in [-0.05, 0) is 12.5 Å². The Hall–Kier alpha value is -2.75. The first kappa shape index (κ1) is 43.0. The minimum Gasteiger partial charge on any atom is -0.477 e. The van der Waals surface area contributed by atoms with Crippen molar-refractivity contribution in [1.29, 1.82) is 0 Å². The number of amides is 1. The molecule has 302 valence electrons. The van der Waals surface area contributed by atoms with Gasteiger partial charge in [0, 0.05) is 25.1 Å². The van der Waals surface area contributed by atoms with Crippen molar-refractivity contribution >= 4 is 25.5 Å². The molecule has 0 aliphatic carbocycles. The number of aliphatic carboxylic acids is 1. The van der Waals surface area contributed by atoms with Crippen LogP contribution in [0, 0.1) is 5.92 Å². The van der Waals surface area contributed by atoms with E-state index in [9.17, 15) is 69.8 Å². The molecule has 11 unspecified atom stereocenters. The number of nitrogens with two attached hydrogens (primary N) is 1. The Morgan fingerprint density at radius 2 is 1.75 bits per heavy atom. The topological polar surface area (TPSA) is 382 Å². The first-order valence-electron chi connectivity index (χ1n) is 16.3. The lowest BCUT2D eigenvalue weighted by Crippen LogP contribution is -2.61. The highest BCUT2D eigenvalue weighted by atomic mass is 31.2. The molecule has 1 aromatic rings. The Balaban J connectivity index is 1.35. The highest BCUT2D eigenvalue weighted by Crippen LogP contribution is 2.52. The summed E-state index contributed by atoms with van der Waals surface area (Å²) in [6, 6.07) is 1.20. The van der Waals surface area contributed by atoms with Crippen molar-refractivity contribution in [3.8, 4) is 0 Å². The van der Waals surface area contributed by atoms with E-state index >= 15 is 0 Å². The van der Waals surface area contributed by atoms with E-state index in [1.807, 2.05) is 0 Å². The van der Waals surface area contributed by atoms with Crippen LogP contribution in [0.25, 0.3) is 0 Å². The fraction of sp³-hybridized carbons (Fsp3) is 0.786. The number of carbonyl (C=O) groups excluding carboxylic acids is 1. The summed E-state index contributed by atoms with van der Waals surface area (Å²) in [4.78, 5) is 50.9. The number of aliphatic hydroxyl groups is 8. The predicted molar refractivity (Wildman–Crippen MR) is 169 cm³/mol. The molecular formula is C28H45N4O20P. The summed E-state index contributed by atoms with van der Waals surface area (Å²) >= 11 is 0. The van der Waals surface area contributed by atoms with Gasteiger partial charge in [0.15, 0.2) is 12.5 Å². The molecule has 24 nitrogen and oxygen atoms in total. The molecule has 13 N–H and O–H groups in total. The van der Waals surface area contributed by atoms with Gasteiger partial charge in [-0.1, -0.05) is 13.8 Å². The molecule has 3 fully saturated rings. The summed E-state index contributed by atoms with van der Waals surface area (Å²) in [6.07, 6.45) is -20.9. The highest BCUT2D eigenvalue weighted by molar-refractivity contribution is 7.47. The Morgan fingerprint density at radius 1 is 1.09 bits per heavy atom. The minimum atomic E-state index is -5.54. The summed E-state index contributed by atoms with van der Waals surface area (Å²) < 4.78 is 44.9. The summed E-state index contributed by atoms with van der Waals surface area (Å²) in [5.41, 5.74) is 4.49. The third kappa shape index (κ3) is 9.74. The zero-order valence-corrected chi connectivity index (χ0v) is 29.1. The van der Waals surface area contributed by atoms with Gasteiger partial charge >= 0.3 is 19.5 Å². The van der Waals surface area contributed by atoms with Crippen molar-refractivity contribution in [1.82, 2.24) is 14.9 Å². The molecule has 1 aromatic heterocycles. The second-order valence-corrected chi connectivity index (χ2v) is 14.2. The third-order valence-corrected chi connectivity index (χ3v) is 10.1. The van der Waals surface area contributed by atoms with Crippen LogP contribution in [0.2, 0.25) is 0 Å². The smallest absolute Gasteiger partial charge is 0.475 e. The number of ether oxygens (including phenoxy) is 4. The lowest BCUT2D eigenvalue weighted by Gasteiger charge is -2.45. The van der Waals surface area contributed by atoms with Gasteiger partial charge in [-0.15, -0.1) is 0 Å². The van der Waals surface area contributed by atoms with Crippen molar-refractivity contribution in [2.24, 2.45) is 5.92 Å². The summed E-state index contributed by atoms with van der Waals surface area (Å²) in [6.45, 7) is 0.431. The fourth-order valence-electron chi connectivity index (χ4n) is 5.93. The number of hydrogen-bond donors (Lipinski definition) is 12. The monoisotopic (exact) mass is 788 g/mol. The second kappa shape index (κ2) is 17.4. The number of carbonyl (C=O) groups is 2. The Morgan fingerprint density at radius 3 is 2.38 bits per heavy atom. The average Bonchev–Trinajstić information content (AvgIpc) is 3.38. The molecule has 25 heteroatoms. The van der Waals surface area contributed by atoms with Crippen LogP contribution < -0.4 is 16.7 Å². The number of hydrogen-bond acceptors (Lipinski definition) is 20. The van der Waals surface area contributed by atoms with E-state index in [1.165, 1.54) is 13.0 Å². The van der Waals surface area contributed by atoms with E-state index in [-0.39, 0.29) is 12.2 Å². The van der Waals surface area contributed by atoms with Crippen molar-refractivity contribution in [2.75, 3.05) is 25.5 Å². The van der Waals surface area contributed by atoms with Crippen LogP contribution in [-0.4, -0.2) is 171 Å². The van der Waals surface area contributed by atoms with Gasteiger partial charge in [-0.3, -0.25) is 13.9 Å². The molecule has 1 amide bonds. The van der Waals surface area contributed by atoms with Crippen molar-refractivity contribution in [3.63, 3.8) is 0 Å². The number of phosphoric ester groups is 1. The number of rotatable bonds is 15. The minimum absolute atomic E-state index is 0.144. The zero-order valence-electron chi connectivity index (χ0n) is 28.2. The van der Waals surface area contributed by atoms with Crippen molar-refractivity contribution < 1.29 is 93.0 Å². The number of nitrogens with one attached hydrogen (secondary N) is 1. The molecule has 3 aliphatic heterocycles. The van der Waals surface area contributed by atoms with Crippen LogP contribution in [0.3, 0.4) is 0 Å². The standard InChI is InChI=1S/C28H45N4O20P/c1-3-13-18(37)20(39)22(41)25(50-13)47-9-16(35)30-7-12(34)17(36)23-10(2)11(33)6-28(51-23,26(42)43)52-53(45,46)48-8-14-19(38)21(40)24(49-14)32-5-4-15(29)31-27(32)44/h4-5,10-14,17-25,33-34,36-41H,3,6-9H2,1-2H3,(H,30,35)(H,42,43)(H,45,46)(H2,29,31,44)/t10?,11?,12-,13?,14?,17-,18+,19?,20+,21?,22?,23?,24?,25-,28?/m1/s1. The van der Waals surface area contributed by atoms with Crippen LogP contribution in [0.1, 0.15) is 32.9 Å². The predicted octanol–water partition coefficient (Wildman–Crippen LogP) is -5.78. The van der Waals surface area contributed by atoms with Crippen LogP contribution in [-0.2, 0) is 42.1 Å². The molecule has 3 aliphatic rings. The molecule has 0 aromatic carbocycles. The average molecular weight is 789 g/mol. The molecule has 0 spiro atoms. The SMILES string of the molecule is CCC1O[C@@H](OCC(=O)NC[C@@H](O)[C@@H](O)C2OC(OP(=O)(O)OCC3OC(n4ccc(N)nc4=O)C(O)C3O)(C(=O)O)CC(O)C2C)C(O)[C@@H](O)[C@H]1O. The molecule has 0 bridgehead atoms. The molecule has 4 heterocycles. The van der Waals surface area contributed by atoms with Crippen molar-refractivity contribution in [2.45, 2.75) is 112 Å². The lowest BCUT2D eigenvalue weighted by molar-refractivity contribution is -0.295. The van der Waals surface area contributed by atoms with Crippen LogP contribution in [0.4, 0.5) is 5.82 Å². The molecule has 0 saturated carbocycles. The largest absolute Gasteiger partial charge is 0.477 e. The second-order valence-electron chi connectivity index (χ2n) is 12.8. The normalized spacial score (nSPS) is 38.5. The van der Waals surface area contributed by atoms with E-state index in [1.54, 1.807) is 6.92 Å². The maximum Gasteiger partial charge on any atom is 0.475 e. The summed E-state index contributed by atoms with van der Waals surface area (Å²) in [5, 5.41) is 95.3. The molecule has 16 atom stereocenters. The van der Waals surface area contributed by atoms with Gasteiger partial charge in [0.1, 0.15) is 55.2 Å². The number of carboxylic acid groups (broad SMARTS) is 1. The molecular weight excluding hydrogens is 743 g/mol. The van der Waals surface area contributed by atoms with Crippen molar-refractivity contribution in [3.05, 3.63) is 22.7 Å². The summed E-state index contributed by atoms with van der Waals surface area (Å²) in [7, 11) is -5.54. The number of nitrogens with zero attached hydrogens (tertiary/aromatic N) is 2. The van der Waals surface area contributed by atoms with Gasteiger partial charge < -0.3 is 80.9 Å². The van der Waals surface area contributed by atoms with Crippen LogP contribution in [0.5, 0.6) is 0 Å². The van der Waals surface area contributed by atoms with Gasteiger partial charge in [0.25, 0.3) is 5.79 Å². The third-order valence-electron chi connectivity index (χ3n) is 9.07. The highest BCUT2D eigenvalue weighted by Gasteiger charge is 2.58. The Labute approximate surface area is 299 Å². The maximum absolute atomic E-state index is 13.0. The molecule has 0 radical (unpaired) electrons. The number of nitrogen functional groups attached to an aromatic ring is 1. The zero-order chi connectivity index (χ0) is 39.6. The number of aromatic nitrogens is 2. The molecule has 3 saturated heterocycles. The first-order chi connectivity index (χ1) is 24.7. The van der Waals surface area contributed by atoms with E-state index in [4.69, 9.17) is 33.7 Å². The lowest BCUT2D eigenvalue weighted by atomic mass is 9.84. The molecule has 53 heavy (non-hydrogen) atoms. The van der Waals surface area contributed by atoms with Gasteiger partial charge in [0.05, 0.1) is 31.0 Å². The Kier molecular flexibility index (Phi) is 14.1. The van der Waals surface area contributed by atoms with Gasteiger partial charge in [0.2, 0.25) is 5.91 Å². The number of anilines is 1. The summed E-state index contributed by atoms with van der Waals surface area (Å²) in [5.74, 6) is -7.42. The van der Waals surface area contributed by atoms with E-state index in [2.05, 4.69) is 10.3 Å². The molecule has 4 rings (SSSR count). The van der Waals surface area contributed by atoms with E-state index < -0.39 is 143 Å². The number of aliphatic hydroxyl groups excluding tert-OH is 8. The number of carboxylic acids is 1. The van der Waals surface area contributed by atoms with E-state index in [0.717, 1.165) is 10.8 Å². The quantitative estimate of drug-likeness (QED) is 0.0736. The Bertz CT molecular complexity index is 1540. The van der Waals surface area contributed by atoms with Crippen LogP contribution in [0.15, 0.2) is 17.1 Å². The van der Waals surface area contributed by atoms with Gasteiger partial charge in [-0.2, -0.15) is 4.98 Å². The van der Waals surface area contributed by atoms with Crippen LogP contribution >= 0.6 is 7.82 Å².